The van der Waals surface area contributed by atoms with Crippen molar-refractivity contribution in [3.05, 3.63) is 23.3 Å². The molecule has 0 amide bonds. The number of aliphatic imine (C=N–C) groups is 1. The summed E-state index contributed by atoms with van der Waals surface area (Å²) in [6.45, 7) is 6.01. The van der Waals surface area contributed by atoms with Gasteiger partial charge >= 0.3 is 0 Å². The molecule has 2 aliphatic rings. The van der Waals surface area contributed by atoms with E-state index in [4.69, 9.17) is 9.47 Å². The van der Waals surface area contributed by atoms with Crippen LogP contribution >= 0.6 is 24.0 Å². The predicted octanol–water partition coefficient (Wildman–Crippen LogP) is 1.50. The highest BCUT2D eigenvalue weighted by Gasteiger charge is 2.25. The van der Waals surface area contributed by atoms with Crippen molar-refractivity contribution in [3.63, 3.8) is 0 Å². The fourth-order valence-electron chi connectivity index (χ4n) is 3.93. The third-order valence-electron chi connectivity index (χ3n) is 5.71. The second kappa shape index (κ2) is 10.5. The number of ether oxygens (including phenoxy) is 2. The molecular weight excluding hydrogens is 469 g/mol. The highest BCUT2D eigenvalue weighted by molar-refractivity contribution is 14.0. The van der Waals surface area contributed by atoms with E-state index in [-0.39, 0.29) is 24.0 Å². The maximum absolute atomic E-state index is 5.47. The highest BCUT2D eigenvalue weighted by atomic mass is 127. The number of rotatable bonds is 4. The van der Waals surface area contributed by atoms with Gasteiger partial charge in [-0.15, -0.1) is 24.0 Å². The summed E-state index contributed by atoms with van der Waals surface area (Å²) in [5.41, 5.74) is 2.60. The van der Waals surface area contributed by atoms with Crippen LogP contribution in [-0.2, 0) is 13.0 Å². The van der Waals surface area contributed by atoms with Crippen LogP contribution in [0.4, 0.5) is 0 Å². The molecule has 158 valence electrons. The van der Waals surface area contributed by atoms with Gasteiger partial charge in [0, 0.05) is 52.4 Å². The first-order chi connectivity index (χ1) is 13.0. The number of fused-ring (bicyclic) bond motifs is 1. The Morgan fingerprint density at radius 1 is 1.11 bits per heavy atom. The number of hydrogen-bond acceptors (Lipinski definition) is 5. The standard InChI is InChI=1S/C20H33N5O2.HI/c1-21-20(22-12-17-14-23(2)8-9-24(17)3)25-7-6-15-10-18(26-4)19(27-5)11-16(15)13-25;/h10-11,17H,6-9,12-14H2,1-5H3,(H,21,22);1H. The molecule has 1 N–H and O–H groups in total. The van der Waals surface area contributed by atoms with Crippen LogP contribution in [0, 0.1) is 0 Å². The molecule has 0 saturated carbocycles. The Kier molecular flexibility index (Phi) is 8.63. The van der Waals surface area contributed by atoms with Crippen LogP contribution in [0.25, 0.3) is 0 Å². The molecule has 1 saturated heterocycles. The largest absolute Gasteiger partial charge is 0.493 e. The lowest BCUT2D eigenvalue weighted by Crippen LogP contribution is -2.56. The third kappa shape index (κ3) is 5.21. The molecule has 3 rings (SSSR count). The van der Waals surface area contributed by atoms with Crippen molar-refractivity contribution in [1.82, 2.24) is 20.0 Å². The van der Waals surface area contributed by atoms with Gasteiger partial charge in [0.25, 0.3) is 0 Å². The summed E-state index contributed by atoms with van der Waals surface area (Å²) >= 11 is 0. The second-order valence-corrected chi connectivity index (χ2v) is 7.47. The Morgan fingerprint density at radius 2 is 1.79 bits per heavy atom. The number of likely N-dealkylation sites (N-methyl/N-ethyl adjacent to an activating group) is 2. The Hall–Kier alpha value is -1.26. The number of benzene rings is 1. The second-order valence-electron chi connectivity index (χ2n) is 7.47. The summed E-state index contributed by atoms with van der Waals surface area (Å²) in [5, 5.41) is 3.59. The van der Waals surface area contributed by atoms with Crippen molar-refractivity contribution in [2.75, 3.05) is 68.1 Å². The number of nitrogens with zero attached hydrogens (tertiary/aromatic N) is 4. The molecule has 0 radical (unpaired) electrons. The number of guanidine groups is 1. The molecule has 7 nitrogen and oxygen atoms in total. The van der Waals surface area contributed by atoms with E-state index in [0.29, 0.717) is 6.04 Å². The minimum Gasteiger partial charge on any atom is -0.493 e. The van der Waals surface area contributed by atoms with Crippen LogP contribution in [-0.4, -0.2) is 94.8 Å². The Bertz CT molecular complexity index is 685. The quantitative estimate of drug-likeness (QED) is 0.382. The molecule has 1 fully saturated rings. The van der Waals surface area contributed by atoms with Crippen molar-refractivity contribution in [3.8, 4) is 11.5 Å². The van der Waals surface area contributed by atoms with E-state index < -0.39 is 0 Å². The van der Waals surface area contributed by atoms with Gasteiger partial charge in [0.05, 0.1) is 14.2 Å². The molecule has 8 heteroatoms. The molecule has 0 spiro atoms. The number of piperazine rings is 1. The Labute approximate surface area is 186 Å². The van der Waals surface area contributed by atoms with E-state index in [2.05, 4.69) is 51.2 Å². The molecule has 0 bridgehead atoms. The SMILES string of the molecule is CN=C(NCC1CN(C)CCN1C)N1CCc2cc(OC)c(OC)cc2C1.I. The smallest absolute Gasteiger partial charge is 0.194 e. The average Bonchev–Trinajstić information content (AvgIpc) is 2.69. The molecule has 28 heavy (non-hydrogen) atoms. The minimum absolute atomic E-state index is 0. The first kappa shape index (κ1) is 23.0. The van der Waals surface area contributed by atoms with E-state index in [9.17, 15) is 0 Å². The summed E-state index contributed by atoms with van der Waals surface area (Å²) in [6, 6.07) is 4.70. The van der Waals surface area contributed by atoms with Gasteiger partial charge in [-0.1, -0.05) is 0 Å². The molecule has 1 atom stereocenters. The maximum Gasteiger partial charge on any atom is 0.194 e. The monoisotopic (exact) mass is 503 g/mol. The number of halogens is 1. The molecule has 0 aromatic heterocycles. The first-order valence-electron chi connectivity index (χ1n) is 9.63. The van der Waals surface area contributed by atoms with Gasteiger partial charge in [-0.05, 0) is 43.8 Å². The van der Waals surface area contributed by atoms with Crippen molar-refractivity contribution in [2.45, 2.75) is 19.0 Å². The molecule has 2 aliphatic heterocycles. The van der Waals surface area contributed by atoms with Gasteiger partial charge < -0.3 is 24.6 Å². The molecule has 1 aromatic carbocycles. The highest BCUT2D eigenvalue weighted by Crippen LogP contribution is 2.33. The van der Waals surface area contributed by atoms with Gasteiger partial charge in [0.1, 0.15) is 0 Å². The number of nitrogens with one attached hydrogen (secondary N) is 1. The minimum atomic E-state index is 0. The zero-order chi connectivity index (χ0) is 19.4. The lowest BCUT2D eigenvalue weighted by Gasteiger charge is -2.39. The summed E-state index contributed by atoms with van der Waals surface area (Å²) in [7, 11) is 9.63. The van der Waals surface area contributed by atoms with Crippen LogP contribution in [0.15, 0.2) is 17.1 Å². The fourth-order valence-corrected chi connectivity index (χ4v) is 3.93. The van der Waals surface area contributed by atoms with E-state index in [1.165, 1.54) is 11.1 Å². The van der Waals surface area contributed by atoms with Crippen LogP contribution in [0.2, 0.25) is 0 Å². The van der Waals surface area contributed by atoms with Crippen molar-refractivity contribution >= 4 is 29.9 Å². The van der Waals surface area contributed by atoms with E-state index in [1.54, 1.807) is 14.2 Å². The van der Waals surface area contributed by atoms with Crippen LogP contribution < -0.4 is 14.8 Å². The summed E-state index contributed by atoms with van der Waals surface area (Å²) in [4.78, 5) is 11.7. The summed E-state index contributed by atoms with van der Waals surface area (Å²) in [5.74, 6) is 2.56. The van der Waals surface area contributed by atoms with Gasteiger partial charge in [-0.25, -0.2) is 0 Å². The summed E-state index contributed by atoms with van der Waals surface area (Å²) in [6.07, 6.45) is 0.975. The lowest BCUT2D eigenvalue weighted by molar-refractivity contribution is 0.116. The van der Waals surface area contributed by atoms with E-state index in [0.717, 1.165) is 63.1 Å². The number of methoxy groups -OCH3 is 2. The lowest BCUT2D eigenvalue weighted by atomic mass is 9.99. The molecule has 0 aliphatic carbocycles. The maximum atomic E-state index is 5.47. The summed E-state index contributed by atoms with van der Waals surface area (Å²) < 4.78 is 10.9. The van der Waals surface area contributed by atoms with Gasteiger partial charge in [0.15, 0.2) is 17.5 Å². The van der Waals surface area contributed by atoms with E-state index in [1.807, 2.05) is 7.05 Å². The molecule has 1 unspecified atom stereocenters. The third-order valence-corrected chi connectivity index (χ3v) is 5.71. The van der Waals surface area contributed by atoms with Crippen molar-refractivity contribution < 1.29 is 9.47 Å². The average molecular weight is 503 g/mol. The zero-order valence-corrected chi connectivity index (χ0v) is 20.0. The zero-order valence-electron chi connectivity index (χ0n) is 17.7. The van der Waals surface area contributed by atoms with Crippen molar-refractivity contribution in [2.24, 2.45) is 4.99 Å². The molecule has 2 heterocycles. The predicted molar refractivity (Wildman–Crippen MR) is 124 cm³/mol. The van der Waals surface area contributed by atoms with Crippen LogP contribution in [0.1, 0.15) is 11.1 Å². The van der Waals surface area contributed by atoms with Gasteiger partial charge in [-0.3, -0.25) is 9.89 Å². The molecular formula is C20H34IN5O2. The number of hydrogen-bond donors (Lipinski definition) is 1. The van der Waals surface area contributed by atoms with Crippen LogP contribution in [0.3, 0.4) is 0 Å². The van der Waals surface area contributed by atoms with Crippen molar-refractivity contribution in [1.29, 1.82) is 0 Å². The van der Waals surface area contributed by atoms with Crippen LogP contribution in [0.5, 0.6) is 11.5 Å². The Morgan fingerprint density at radius 3 is 2.43 bits per heavy atom. The van der Waals surface area contributed by atoms with Gasteiger partial charge in [-0.2, -0.15) is 0 Å². The fraction of sp³-hybridized carbons (Fsp3) is 0.650. The van der Waals surface area contributed by atoms with Gasteiger partial charge in [0.2, 0.25) is 0 Å². The molecule has 1 aromatic rings. The first-order valence-corrected chi connectivity index (χ1v) is 9.63. The normalized spacial score (nSPS) is 21.0. The topological polar surface area (TPSA) is 52.6 Å². The van der Waals surface area contributed by atoms with E-state index >= 15 is 0 Å². The Balaban J connectivity index is 0.00000280.